The summed E-state index contributed by atoms with van der Waals surface area (Å²) in [5.41, 5.74) is 4.95. The molecule has 1 aromatic carbocycles. The fourth-order valence-electron chi connectivity index (χ4n) is 2.22. The van der Waals surface area contributed by atoms with Crippen molar-refractivity contribution in [2.45, 2.75) is 26.9 Å². The molecule has 2 nitrogen and oxygen atoms in total. The monoisotopic (exact) mass is 214 g/mol. The first kappa shape index (κ1) is 10.8. The summed E-state index contributed by atoms with van der Waals surface area (Å²) in [5.74, 6) is 0. The summed E-state index contributed by atoms with van der Waals surface area (Å²) in [6.45, 7) is 10.1. The minimum Gasteiger partial charge on any atom is -0.363 e. The second-order valence-corrected chi connectivity index (χ2v) is 4.25. The standard InChI is InChI=1S/C14H18N2/c1-5-6-11(3)16-12(4)15-13-9-10(2)7-8-14(13)16/h5-9,12,15H,1H2,2-4H3/b11-6+. The third kappa shape index (κ3) is 1.71. The van der Waals surface area contributed by atoms with Gasteiger partial charge in [0, 0.05) is 5.70 Å². The molecule has 1 atom stereocenters. The van der Waals surface area contributed by atoms with Gasteiger partial charge in [-0.1, -0.05) is 18.7 Å². The Morgan fingerprint density at radius 2 is 2.25 bits per heavy atom. The molecule has 0 amide bonds. The highest BCUT2D eigenvalue weighted by molar-refractivity contribution is 5.78. The number of hydrogen-bond donors (Lipinski definition) is 1. The average molecular weight is 214 g/mol. The van der Waals surface area contributed by atoms with Gasteiger partial charge in [0.2, 0.25) is 0 Å². The van der Waals surface area contributed by atoms with Gasteiger partial charge in [0.15, 0.2) is 0 Å². The Labute approximate surface area is 97.3 Å². The number of anilines is 2. The molecule has 0 spiro atoms. The van der Waals surface area contributed by atoms with Gasteiger partial charge in [-0.2, -0.15) is 0 Å². The Morgan fingerprint density at radius 3 is 2.94 bits per heavy atom. The Balaban J connectivity index is 2.44. The fraction of sp³-hybridized carbons (Fsp3) is 0.286. The van der Waals surface area contributed by atoms with Crippen LogP contribution in [0, 0.1) is 6.92 Å². The number of benzene rings is 1. The Bertz CT molecular complexity index is 446. The van der Waals surface area contributed by atoms with Crippen molar-refractivity contribution >= 4 is 11.4 Å². The van der Waals surface area contributed by atoms with E-state index in [0.717, 1.165) is 0 Å². The lowest BCUT2D eigenvalue weighted by molar-refractivity contribution is 0.803. The van der Waals surface area contributed by atoms with Crippen LogP contribution in [0.15, 0.2) is 42.6 Å². The van der Waals surface area contributed by atoms with Crippen LogP contribution in [0.4, 0.5) is 11.4 Å². The number of aryl methyl sites for hydroxylation is 1. The SMILES string of the molecule is C=C/C=C(\C)N1c2ccc(C)cc2NC1C. The molecular formula is C14H18N2. The lowest BCUT2D eigenvalue weighted by Crippen LogP contribution is -2.31. The van der Waals surface area contributed by atoms with Crippen LogP contribution in [-0.2, 0) is 0 Å². The fourth-order valence-corrected chi connectivity index (χ4v) is 2.22. The summed E-state index contributed by atoms with van der Waals surface area (Å²) in [5, 5.41) is 3.48. The maximum atomic E-state index is 3.74. The van der Waals surface area contributed by atoms with Crippen LogP contribution in [0.5, 0.6) is 0 Å². The number of fused-ring (bicyclic) bond motifs is 1. The van der Waals surface area contributed by atoms with Crippen molar-refractivity contribution in [3.05, 3.63) is 48.2 Å². The van der Waals surface area contributed by atoms with Crippen LogP contribution in [0.3, 0.4) is 0 Å². The maximum Gasteiger partial charge on any atom is 0.101 e. The zero-order valence-corrected chi connectivity index (χ0v) is 10.1. The van der Waals surface area contributed by atoms with E-state index < -0.39 is 0 Å². The third-order valence-electron chi connectivity index (χ3n) is 2.90. The second kappa shape index (κ2) is 4.05. The molecule has 84 valence electrons. The van der Waals surface area contributed by atoms with Crippen LogP contribution < -0.4 is 10.2 Å². The summed E-state index contributed by atoms with van der Waals surface area (Å²) >= 11 is 0. The van der Waals surface area contributed by atoms with E-state index in [0.29, 0.717) is 6.17 Å². The van der Waals surface area contributed by atoms with Gasteiger partial charge in [-0.3, -0.25) is 0 Å². The van der Waals surface area contributed by atoms with Crippen molar-refractivity contribution in [1.29, 1.82) is 0 Å². The van der Waals surface area contributed by atoms with Crippen LogP contribution >= 0.6 is 0 Å². The van der Waals surface area contributed by atoms with E-state index in [4.69, 9.17) is 0 Å². The largest absolute Gasteiger partial charge is 0.363 e. The van der Waals surface area contributed by atoms with Gasteiger partial charge in [0.1, 0.15) is 6.17 Å². The first-order chi connectivity index (χ1) is 7.63. The smallest absolute Gasteiger partial charge is 0.101 e. The quantitative estimate of drug-likeness (QED) is 0.756. The number of hydrogen-bond acceptors (Lipinski definition) is 2. The first-order valence-electron chi connectivity index (χ1n) is 5.59. The molecule has 2 heteroatoms. The van der Waals surface area contributed by atoms with Crippen molar-refractivity contribution in [2.24, 2.45) is 0 Å². The Morgan fingerprint density at radius 1 is 1.50 bits per heavy atom. The highest BCUT2D eigenvalue weighted by atomic mass is 15.3. The number of nitrogens with one attached hydrogen (secondary N) is 1. The van der Waals surface area contributed by atoms with E-state index >= 15 is 0 Å². The zero-order valence-electron chi connectivity index (χ0n) is 10.1. The predicted octanol–water partition coefficient (Wildman–Crippen LogP) is 3.66. The second-order valence-electron chi connectivity index (χ2n) is 4.25. The lowest BCUT2D eigenvalue weighted by Gasteiger charge is -2.24. The summed E-state index contributed by atoms with van der Waals surface area (Å²) in [6, 6.07) is 6.50. The van der Waals surface area contributed by atoms with Crippen LogP contribution in [0.1, 0.15) is 19.4 Å². The van der Waals surface area contributed by atoms with E-state index in [1.165, 1.54) is 22.6 Å². The molecule has 0 aromatic heterocycles. The summed E-state index contributed by atoms with van der Waals surface area (Å²) < 4.78 is 0. The minimum atomic E-state index is 0.299. The highest BCUT2D eigenvalue weighted by Crippen LogP contribution is 2.37. The van der Waals surface area contributed by atoms with Gasteiger partial charge in [0.05, 0.1) is 11.4 Å². The summed E-state index contributed by atoms with van der Waals surface area (Å²) in [7, 11) is 0. The average Bonchev–Trinajstić information content (AvgIpc) is 2.53. The van der Waals surface area contributed by atoms with E-state index in [-0.39, 0.29) is 0 Å². The van der Waals surface area contributed by atoms with E-state index in [9.17, 15) is 0 Å². The number of allylic oxidation sites excluding steroid dienone is 3. The predicted molar refractivity (Wildman–Crippen MR) is 70.7 cm³/mol. The van der Waals surface area contributed by atoms with Gasteiger partial charge >= 0.3 is 0 Å². The molecule has 0 fully saturated rings. The van der Waals surface area contributed by atoms with Crippen molar-refractivity contribution < 1.29 is 0 Å². The van der Waals surface area contributed by atoms with Gasteiger partial charge in [0.25, 0.3) is 0 Å². The maximum absolute atomic E-state index is 3.74. The van der Waals surface area contributed by atoms with Crippen molar-refractivity contribution in [3.8, 4) is 0 Å². The third-order valence-corrected chi connectivity index (χ3v) is 2.90. The normalized spacial score (nSPS) is 19.3. The zero-order chi connectivity index (χ0) is 11.7. The van der Waals surface area contributed by atoms with Crippen LogP contribution in [0.2, 0.25) is 0 Å². The molecular weight excluding hydrogens is 196 g/mol. The molecule has 2 rings (SSSR count). The molecule has 1 N–H and O–H groups in total. The Kier molecular flexibility index (Phi) is 2.73. The molecule has 16 heavy (non-hydrogen) atoms. The van der Waals surface area contributed by atoms with Crippen molar-refractivity contribution in [2.75, 3.05) is 10.2 Å². The molecule has 1 unspecified atom stereocenters. The van der Waals surface area contributed by atoms with Gasteiger partial charge in [-0.25, -0.2) is 0 Å². The van der Waals surface area contributed by atoms with E-state index in [2.05, 4.69) is 55.8 Å². The van der Waals surface area contributed by atoms with Gasteiger partial charge in [-0.05, 0) is 44.5 Å². The Hall–Kier alpha value is -1.70. The van der Waals surface area contributed by atoms with Gasteiger partial charge in [-0.15, -0.1) is 0 Å². The molecule has 1 aliphatic rings. The number of nitrogens with zero attached hydrogens (tertiary/aromatic N) is 1. The van der Waals surface area contributed by atoms with Crippen LogP contribution in [-0.4, -0.2) is 6.17 Å². The molecule has 1 heterocycles. The van der Waals surface area contributed by atoms with Crippen LogP contribution in [0.25, 0.3) is 0 Å². The summed E-state index contributed by atoms with van der Waals surface area (Å²) in [6.07, 6.45) is 4.16. The highest BCUT2D eigenvalue weighted by Gasteiger charge is 2.25. The molecule has 1 aliphatic heterocycles. The molecule has 0 bridgehead atoms. The molecule has 0 aliphatic carbocycles. The lowest BCUT2D eigenvalue weighted by atomic mass is 10.2. The van der Waals surface area contributed by atoms with Crippen molar-refractivity contribution in [3.63, 3.8) is 0 Å². The van der Waals surface area contributed by atoms with E-state index in [1.54, 1.807) is 0 Å². The van der Waals surface area contributed by atoms with E-state index in [1.807, 2.05) is 12.2 Å². The molecule has 0 radical (unpaired) electrons. The molecule has 1 aromatic rings. The number of rotatable bonds is 2. The molecule has 0 saturated heterocycles. The minimum absolute atomic E-state index is 0.299. The first-order valence-corrected chi connectivity index (χ1v) is 5.59. The summed E-state index contributed by atoms with van der Waals surface area (Å²) in [4.78, 5) is 2.29. The topological polar surface area (TPSA) is 15.3 Å². The van der Waals surface area contributed by atoms with Gasteiger partial charge < -0.3 is 10.2 Å². The molecule has 0 saturated carbocycles. The van der Waals surface area contributed by atoms with Crippen molar-refractivity contribution in [1.82, 2.24) is 0 Å².